The van der Waals surface area contributed by atoms with Crippen LogP contribution < -0.4 is 5.32 Å². The minimum absolute atomic E-state index is 0.0961. The van der Waals surface area contributed by atoms with Crippen molar-refractivity contribution in [3.05, 3.63) is 58.1 Å². The maximum Gasteiger partial charge on any atom is 0.340 e. The van der Waals surface area contributed by atoms with E-state index in [1.165, 1.54) is 19.2 Å². The molecule has 1 aromatic heterocycles. The summed E-state index contributed by atoms with van der Waals surface area (Å²) < 4.78 is 18.9. The lowest BCUT2D eigenvalue weighted by Crippen LogP contribution is -2.07. The Morgan fingerprint density at radius 2 is 2.20 bits per heavy atom. The van der Waals surface area contributed by atoms with Crippen molar-refractivity contribution in [3.63, 3.8) is 0 Å². The maximum atomic E-state index is 13.5. The van der Waals surface area contributed by atoms with Crippen LogP contribution in [0.3, 0.4) is 0 Å². The number of carbonyl (C=O) groups is 1. The van der Waals surface area contributed by atoms with Crippen molar-refractivity contribution in [1.29, 1.82) is 0 Å². The number of rotatable bonds is 4. The summed E-state index contributed by atoms with van der Waals surface area (Å²) in [5, 5.41) is 3.07. The number of benzene rings is 1. The number of esters is 1. The van der Waals surface area contributed by atoms with E-state index in [4.69, 9.17) is 0 Å². The molecule has 0 bridgehead atoms. The first-order chi connectivity index (χ1) is 9.60. The van der Waals surface area contributed by atoms with E-state index in [2.05, 4.69) is 31.0 Å². The third kappa shape index (κ3) is 3.54. The minimum atomic E-state index is -0.701. The van der Waals surface area contributed by atoms with Crippen LogP contribution in [0.15, 0.2) is 41.0 Å². The van der Waals surface area contributed by atoms with Gasteiger partial charge in [0.1, 0.15) is 5.82 Å². The molecule has 2 aromatic rings. The van der Waals surface area contributed by atoms with Crippen molar-refractivity contribution in [2.24, 2.45) is 0 Å². The monoisotopic (exact) mass is 338 g/mol. The molecule has 2 rings (SSSR count). The third-order valence-electron chi connectivity index (χ3n) is 2.63. The number of nitrogens with one attached hydrogen (secondary N) is 1. The van der Waals surface area contributed by atoms with Gasteiger partial charge in [-0.3, -0.25) is 4.98 Å². The molecule has 0 aliphatic heterocycles. The van der Waals surface area contributed by atoms with Crippen molar-refractivity contribution in [3.8, 4) is 0 Å². The second-order valence-electron chi connectivity index (χ2n) is 4.01. The standard InChI is InChI=1S/C14H12BrFN2O2/c1-20-14(19)12-6-10(4-5-13(12)16)18-8-11-3-2-9(15)7-17-11/h2-7,18H,8H2,1H3. The van der Waals surface area contributed by atoms with E-state index in [1.54, 1.807) is 12.3 Å². The molecule has 0 spiro atoms. The molecule has 0 unspecified atom stereocenters. The van der Waals surface area contributed by atoms with Gasteiger partial charge in [-0.2, -0.15) is 0 Å². The average Bonchev–Trinajstić information content (AvgIpc) is 2.47. The number of hydrogen-bond acceptors (Lipinski definition) is 4. The van der Waals surface area contributed by atoms with Crippen LogP contribution in [0.1, 0.15) is 16.1 Å². The number of nitrogens with zero attached hydrogens (tertiary/aromatic N) is 1. The predicted molar refractivity (Wildman–Crippen MR) is 77.0 cm³/mol. The van der Waals surface area contributed by atoms with Crippen LogP contribution in [0.2, 0.25) is 0 Å². The second kappa shape index (κ2) is 6.47. The highest BCUT2D eigenvalue weighted by Crippen LogP contribution is 2.16. The highest BCUT2D eigenvalue weighted by Gasteiger charge is 2.12. The van der Waals surface area contributed by atoms with E-state index in [9.17, 15) is 9.18 Å². The Labute approximate surface area is 124 Å². The largest absolute Gasteiger partial charge is 0.465 e. The number of halogens is 2. The van der Waals surface area contributed by atoms with Crippen LogP contribution in [-0.2, 0) is 11.3 Å². The van der Waals surface area contributed by atoms with Gasteiger partial charge in [-0.1, -0.05) is 0 Å². The molecule has 0 atom stereocenters. The molecule has 6 heteroatoms. The van der Waals surface area contributed by atoms with Gasteiger partial charge in [0, 0.05) is 16.4 Å². The topological polar surface area (TPSA) is 51.2 Å². The van der Waals surface area contributed by atoms with Gasteiger partial charge in [-0.05, 0) is 46.3 Å². The van der Waals surface area contributed by atoms with E-state index in [0.717, 1.165) is 10.2 Å². The molecule has 1 aromatic carbocycles. The van der Waals surface area contributed by atoms with Crippen molar-refractivity contribution in [2.75, 3.05) is 12.4 Å². The molecular weight excluding hydrogens is 327 g/mol. The number of ether oxygens (including phenoxy) is 1. The number of methoxy groups -OCH3 is 1. The number of carbonyl (C=O) groups excluding carboxylic acids is 1. The Morgan fingerprint density at radius 3 is 2.85 bits per heavy atom. The molecule has 0 aliphatic rings. The summed E-state index contributed by atoms with van der Waals surface area (Å²) in [6, 6.07) is 7.95. The zero-order valence-electron chi connectivity index (χ0n) is 10.7. The van der Waals surface area contributed by atoms with Crippen LogP contribution in [0.4, 0.5) is 10.1 Å². The van der Waals surface area contributed by atoms with Crippen molar-refractivity contribution >= 4 is 27.6 Å². The van der Waals surface area contributed by atoms with Gasteiger partial charge in [0.2, 0.25) is 0 Å². The van der Waals surface area contributed by atoms with Crippen LogP contribution in [-0.4, -0.2) is 18.1 Å². The average molecular weight is 339 g/mol. The quantitative estimate of drug-likeness (QED) is 0.868. The molecule has 0 aliphatic carbocycles. The van der Waals surface area contributed by atoms with Crippen molar-refractivity contribution < 1.29 is 13.9 Å². The Morgan fingerprint density at radius 1 is 1.40 bits per heavy atom. The molecule has 0 saturated carbocycles. The first-order valence-electron chi connectivity index (χ1n) is 5.82. The molecule has 4 nitrogen and oxygen atoms in total. The van der Waals surface area contributed by atoms with Crippen LogP contribution >= 0.6 is 15.9 Å². The third-order valence-corrected chi connectivity index (χ3v) is 3.10. The molecule has 0 saturated heterocycles. The van der Waals surface area contributed by atoms with Crippen LogP contribution in [0, 0.1) is 5.82 Å². The Balaban J connectivity index is 2.10. The zero-order valence-corrected chi connectivity index (χ0v) is 12.3. The highest BCUT2D eigenvalue weighted by atomic mass is 79.9. The molecular formula is C14H12BrFN2O2. The lowest BCUT2D eigenvalue weighted by molar-refractivity contribution is 0.0595. The summed E-state index contributed by atoms with van der Waals surface area (Å²) >= 11 is 3.31. The fourth-order valence-electron chi connectivity index (χ4n) is 1.61. The second-order valence-corrected chi connectivity index (χ2v) is 4.92. The van der Waals surface area contributed by atoms with Gasteiger partial charge in [0.25, 0.3) is 0 Å². The first-order valence-corrected chi connectivity index (χ1v) is 6.61. The van der Waals surface area contributed by atoms with Gasteiger partial charge >= 0.3 is 5.97 Å². The molecule has 1 heterocycles. The summed E-state index contributed by atoms with van der Waals surface area (Å²) in [7, 11) is 1.22. The first kappa shape index (κ1) is 14.5. The van der Waals surface area contributed by atoms with Gasteiger partial charge in [-0.25, -0.2) is 9.18 Å². The van der Waals surface area contributed by atoms with Crippen molar-refractivity contribution in [1.82, 2.24) is 4.98 Å². The Hall–Kier alpha value is -1.95. The van der Waals surface area contributed by atoms with Crippen molar-refractivity contribution in [2.45, 2.75) is 6.54 Å². The minimum Gasteiger partial charge on any atom is -0.465 e. The molecule has 1 N–H and O–H groups in total. The summed E-state index contributed by atoms with van der Waals surface area (Å²) in [6.07, 6.45) is 1.70. The molecule has 0 amide bonds. The summed E-state index contributed by atoms with van der Waals surface area (Å²) in [6.45, 7) is 0.472. The van der Waals surface area contributed by atoms with E-state index >= 15 is 0 Å². The van der Waals surface area contributed by atoms with E-state index in [-0.39, 0.29) is 5.56 Å². The maximum absolute atomic E-state index is 13.5. The predicted octanol–water partition coefficient (Wildman–Crippen LogP) is 3.38. The van der Waals surface area contributed by atoms with Gasteiger partial charge < -0.3 is 10.1 Å². The lowest BCUT2D eigenvalue weighted by atomic mass is 10.2. The molecule has 0 fully saturated rings. The van der Waals surface area contributed by atoms with Crippen LogP contribution in [0.5, 0.6) is 0 Å². The number of pyridine rings is 1. The van der Waals surface area contributed by atoms with E-state index in [0.29, 0.717) is 12.2 Å². The summed E-state index contributed by atoms with van der Waals surface area (Å²) in [4.78, 5) is 15.6. The lowest BCUT2D eigenvalue weighted by Gasteiger charge is -2.08. The summed E-state index contributed by atoms with van der Waals surface area (Å²) in [5.41, 5.74) is 1.36. The SMILES string of the molecule is COC(=O)c1cc(NCc2ccc(Br)cn2)ccc1F. The summed E-state index contributed by atoms with van der Waals surface area (Å²) in [5.74, 6) is -1.31. The fourth-order valence-corrected chi connectivity index (χ4v) is 1.84. The number of aromatic nitrogens is 1. The number of hydrogen-bond donors (Lipinski definition) is 1. The van der Waals surface area contributed by atoms with Gasteiger partial charge in [0.05, 0.1) is 24.9 Å². The Bertz CT molecular complexity index is 617. The molecule has 104 valence electrons. The Kier molecular flexibility index (Phi) is 4.68. The highest BCUT2D eigenvalue weighted by molar-refractivity contribution is 9.10. The normalized spacial score (nSPS) is 10.2. The molecule has 20 heavy (non-hydrogen) atoms. The zero-order chi connectivity index (χ0) is 14.5. The van der Waals surface area contributed by atoms with E-state index < -0.39 is 11.8 Å². The smallest absolute Gasteiger partial charge is 0.340 e. The molecule has 0 radical (unpaired) electrons. The van der Waals surface area contributed by atoms with Gasteiger partial charge in [-0.15, -0.1) is 0 Å². The van der Waals surface area contributed by atoms with Crippen LogP contribution in [0.25, 0.3) is 0 Å². The van der Waals surface area contributed by atoms with Gasteiger partial charge in [0.15, 0.2) is 0 Å². The number of anilines is 1. The fraction of sp³-hybridized carbons (Fsp3) is 0.143. The van der Waals surface area contributed by atoms with E-state index in [1.807, 2.05) is 12.1 Å².